The summed E-state index contributed by atoms with van der Waals surface area (Å²) in [6.07, 6.45) is 5.34. The van der Waals surface area contributed by atoms with Crippen LogP contribution >= 0.6 is 0 Å². The number of anilines is 2. The predicted octanol–water partition coefficient (Wildman–Crippen LogP) is 3.45. The standard InChI is InChI=1S/C19H19N3O2/c1-4-14-6-5-7-17(12-14)21-18(23)15-8-10-16(11-9-15)22-19(24)20-13(2)3/h1,5-13H,2-3H3,(H,21,23)(H2,20,22,24). The lowest BCUT2D eigenvalue weighted by molar-refractivity contribution is 0.102. The van der Waals surface area contributed by atoms with E-state index in [2.05, 4.69) is 21.9 Å². The smallest absolute Gasteiger partial charge is 0.319 e. The lowest BCUT2D eigenvalue weighted by Crippen LogP contribution is -2.34. The average Bonchev–Trinajstić information content (AvgIpc) is 2.54. The SMILES string of the molecule is C#Cc1cccc(NC(=O)c2ccc(NC(=O)NC(C)C)cc2)c1. The molecule has 0 atom stereocenters. The van der Waals surface area contributed by atoms with Crippen molar-refractivity contribution in [2.45, 2.75) is 19.9 Å². The third kappa shape index (κ3) is 4.89. The molecular weight excluding hydrogens is 302 g/mol. The number of hydrogen-bond acceptors (Lipinski definition) is 2. The highest BCUT2D eigenvalue weighted by molar-refractivity contribution is 6.04. The summed E-state index contributed by atoms with van der Waals surface area (Å²) >= 11 is 0. The van der Waals surface area contributed by atoms with Gasteiger partial charge in [0.2, 0.25) is 0 Å². The molecule has 0 aromatic heterocycles. The molecule has 0 bridgehead atoms. The van der Waals surface area contributed by atoms with Crippen LogP contribution in [0.15, 0.2) is 48.5 Å². The maximum absolute atomic E-state index is 12.2. The van der Waals surface area contributed by atoms with Crippen LogP contribution in [0.4, 0.5) is 16.2 Å². The van der Waals surface area contributed by atoms with Crippen LogP contribution in [0.25, 0.3) is 0 Å². The summed E-state index contributed by atoms with van der Waals surface area (Å²) in [5.74, 6) is 2.27. The van der Waals surface area contributed by atoms with Crippen LogP contribution in [-0.2, 0) is 0 Å². The molecule has 3 amide bonds. The van der Waals surface area contributed by atoms with E-state index in [-0.39, 0.29) is 18.0 Å². The Morgan fingerprint density at radius 1 is 1.00 bits per heavy atom. The Morgan fingerprint density at radius 3 is 2.33 bits per heavy atom. The van der Waals surface area contributed by atoms with Gasteiger partial charge >= 0.3 is 6.03 Å². The van der Waals surface area contributed by atoms with Gasteiger partial charge in [-0.3, -0.25) is 4.79 Å². The zero-order chi connectivity index (χ0) is 17.5. The molecule has 2 aromatic rings. The van der Waals surface area contributed by atoms with E-state index in [1.54, 1.807) is 48.5 Å². The van der Waals surface area contributed by atoms with Crippen molar-refractivity contribution in [3.05, 3.63) is 59.7 Å². The van der Waals surface area contributed by atoms with Crippen LogP contribution in [-0.4, -0.2) is 18.0 Å². The van der Waals surface area contributed by atoms with Gasteiger partial charge in [0.05, 0.1) is 0 Å². The van der Waals surface area contributed by atoms with Crippen LogP contribution in [0.3, 0.4) is 0 Å². The Kier molecular flexibility index (Phi) is 5.58. The van der Waals surface area contributed by atoms with Crippen molar-refractivity contribution in [1.82, 2.24) is 5.32 Å². The van der Waals surface area contributed by atoms with E-state index in [1.807, 2.05) is 13.8 Å². The van der Waals surface area contributed by atoms with E-state index < -0.39 is 0 Å². The fourth-order valence-corrected chi connectivity index (χ4v) is 2.02. The van der Waals surface area contributed by atoms with E-state index >= 15 is 0 Å². The van der Waals surface area contributed by atoms with Gasteiger partial charge in [-0.15, -0.1) is 6.42 Å². The fraction of sp³-hybridized carbons (Fsp3) is 0.158. The molecule has 2 aromatic carbocycles. The van der Waals surface area contributed by atoms with E-state index in [0.717, 1.165) is 0 Å². The topological polar surface area (TPSA) is 70.2 Å². The summed E-state index contributed by atoms with van der Waals surface area (Å²) in [6, 6.07) is 13.5. The first-order valence-corrected chi connectivity index (χ1v) is 7.53. The number of benzene rings is 2. The summed E-state index contributed by atoms with van der Waals surface area (Å²) in [7, 11) is 0. The van der Waals surface area contributed by atoms with Crippen molar-refractivity contribution in [2.75, 3.05) is 10.6 Å². The minimum atomic E-state index is -0.284. The number of amides is 3. The number of rotatable bonds is 4. The van der Waals surface area contributed by atoms with Gasteiger partial charge in [0.15, 0.2) is 0 Å². The number of carbonyl (C=O) groups excluding carboxylic acids is 2. The van der Waals surface area contributed by atoms with Crippen LogP contribution in [0.2, 0.25) is 0 Å². The predicted molar refractivity (Wildman–Crippen MR) is 96.1 cm³/mol. The summed E-state index contributed by atoms with van der Waals surface area (Å²) in [6.45, 7) is 3.75. The Labute approximate surface area is 141 Å². The third-order valence-corrected chi connectivity index (χ3v) is 3.11. The minimum absolute atomic E-state index is 0.0498. The van der Waals surface area contributed by atoms with Crippen LogP contribution in [0.5, 0.6) is 0 Å². The fourth-order valence-electron chi connectivity index (χ4n) is 2.02. The molecule has 24 heavy (non-hydrogen) atoms. The molecule has 0 aliphatic heterocycles. The quantitative estimate of drug-likeness (QED) is 0.755. The number of carbonyl (C=O) groups is 2. The molecule has 0 saturated carbocycles. The second-order valence-electron chi connectivity index (χ2n) is 5.51. The largest absolute Gasteiger partial charge is 0.336 e. The number of nitrogens with one attached hydrogen (secondary N) is 3. The van der Waals surface area contributed by atoms with E-state index in [0.29, 0.717) is 22.5 Å². The highest BCUT2D eigenvalue weighted by Gasteiger charge is 2.08. The Hall–Kier alpha value is -3.26. The Balaban J connectivity index is 2.00. The molecular formula is C19H19N3O2. The summed E-state index contributed by atoms with van der Waals surface area (Å²) in [5, 5.41) is 8.21. The first-order chi connectivity index (χ1) is 11.5. The van der Waals surface area contributed by atoms with Gasteiger partial charge in [-0.05, 0) is 56.3 Å². The highest BCUT2D eigenvalue weighted by Crippen LogP contribution is 2.14. The minimum Gasteiger partial charge on any atom is -0.336 e. The molecule has 2 rings (SSSR count). The van der Waals surface area contributed by atoms with E-state index in [9.17, 15) is 9.59 Å². The second kappa shape index (κ2) is 7.84. The molecule has 0 fully saturated rings. The Bertz CT molecular complexity index is 774. The maximum atomic E-state index is 12.2. The van der Waals surface area contributed by atoms with Gasteiger partial charge in [-0.25, -0.2) is 4.79 Å². The van der Waals surface area contributed by atoms with Gasteiger partial charge in [0.25, 0.3) is 5.91 Å². The first-order valence-electron chi connectivity index (χ1n) is 7.53. The lowest BCUT2D eigenvalue weighted by atomic mass is 10.1. The van der Waals surface area contributed by atoms with Gasteiger partial charge in [0, 0.05) is 28.5 Å². The monoisotopic (exact) mass is 321 g/mol. The molecule has 5 heteroatoms. The zero-order valence-electron chi connectivity index (χ0n) is 13.6. The van der Waals surface area contributed by atoms with Crippen molar-refractivity contribution in [2.24, 2.45) is 0 Å². The number of urea groups is 1. The second-order valence-corrected chi connectivity index (χ2v) is 5.51. The molecule has 0 aliphatic rings. The van der Waals surface area contributed by atoms with Crippen molar-refractivity contribution < 1.29 is 9.59 Å². The summed E-state index contributed by atoms with van der Waals surface area (Å²) in [5.41, 5.74) is 2.42. The molecule has 0 heterocycles. The number of hydrogen-bond donors (Lipinski definition) is 3. The Morgan fingerprint density at radius 2 is 1.71 bits per heavy atom. The van der Waals surface area contributed by atoms with Gasteiger partial charge in [-0.1, -0.05) is 12.0 Å². The maximum Gasteiger partial charge on any atom is 0.319 e. The van der Waals surface area contributed by atoms with E-state index in [4.69, 9.17) is 6.42 Å². The molecule has 0 saturated heterocycles. The number of terminal acetylenes is 1. The molecule has 0 aliphatic carbocycles. The average molecular weight is 321 g/mol. The molecule has 0 spiro atoms. The van der Waals surface area contributed by atoms with Crippen molar-refractivity contribution in [3.63, 3.8) is 0 Å². The van der Waals surface area contributed by atoms with Gasteiger partial charge in [0.1, 0.15) is 0 Å². The zero-order valence-corrected chi connectivity index (χ0v) is 13.6. The van der Waals surface area contributed by atoms with Gasteiger partial charge in [-0.2, -0.15) is 0 Å². The van der Waals surface area contributed by atoms with Crippen molar-refractivity contribution in [3.8, 4) is 12.3 Å². The van der Waals surface area contributed by atoms with Crippen LogP contribution in [0, 0.1) is 12.3 Å². The van der Waals surface area contributed by atoms with E-state index in [1.165, 1.54) is 0 Å². The molecule has 0 unspecified atom stereocenters. The lowest BCUT2D eigenvalue weighted by Gasteiger charge is -2.10. The van der Waals surface area contributed by atoms with Crippen LogP contribution < -0.4 is 16.0 Å². The first kappa shape index (κ1) is 17.1. The summed E-state index contributed by atoms with van der Waals surface area (Å²) < 4.78 is 0. The summed E-state index contributed by atoms with van der Waals surface area (Å²) in [4.78, 5) is 23.9. The molecule has 5 nitrogen and oxygen atoms in total. The highest BCUT2D eigenvalue weighted by atomic mass is 16.2. The normalized spacial score (nSPS) is 9.92. The van der Waals surface area contributed by atoms with Gasteiger partial charge < -0.3 is 16.0 Å². The molecule has 3 N–H and O–H groups in total. The van der Waals surface area contributed by atoms with Crippen molar-refractivity contribution in [1.29, 1.82) is 0 Å². The third-order valence-electron chi connectivity index (χ3n) is 3.11. The van der Waals surface area contributed by atoms with Crippen molar-refractivity contribution >= 4 is 23.3 Å². The molecule has 0 radical (unpaired) electrons. The van der Waals surface area contributed by atoms with Crippen LogP contribution in [0.1, 0.15) is 29.8 Å². The molecule has 122 valence electrons.